The van der Waals surface area contributed by atoms with Crippen LogP contribution in [0.25, 0.3) is 0 Å². The highest BCUT2D eigenvalue weighted by atomic mass is 15.2. The molecule has 0 saturated carbocycles. The van der Waals surface area contributed by atoms with Gasteiger partial charge in [0.2, 0.25) is 0 Å². The molecule has 0 spiro atoms. The molecule has 118 valence electrons. The van der Waals surface area contributed by atoms with Crippen molar-refractivity contribution in [1.29, 1.82) is 0 Å². The Hall–Kier alpha value is -0.860. The molecule has 1 fully saturated rings. The van der Waals surface area contributed by atoms with E-state index in [1.807, 2.05) is 0 Å². The fourth-order valence-corrected chi connectivity index (χ4v) is 3.58. The van der Waals surface area contributed by atoms with E-state index in [9.17, 15) is 0 Å². The third kappa shape index (κ3) is 4.08. The second-order valence-electron chi connectivity index (χ2n) is 7.05. The molecule has 1 heterocycles. The van der Waals surface area contributed by atoms with Crippen LogP contribution >= 0.6 is 0 Å². The summed E-state index contributed by atoms with van der Waals surface area (Å²) in [6.45, 7) is 11.4. The van der Waals surface area contributed by atoms with Gasteiger partial charge < -0.3 is 5.73 Å². The first kappa shape index (κ1) is 16.5. The summed E-state index contributed by atoms with van der Waals surface area (Å²) in [4.78, 5) is 2.62. The lowest BCUT2D eigenvalue weighted by atomic mass is 9.85. The first-order valence-electron chi connectivity index (χ1n) is 8.59. The molecule has 1 saturated heterocycles. The Morgan fingerprint density at radius 3 is 2.19 bits per heavy atom. The van der Waals surface area contributed by atoms with Gasteiger partial charge >= 0.3 is 0 Å². The molecule has 1 aromatic rings. The van der Waals surface area contributed by atoms with Gasteiger partial charge in [-0.15, -0.1) is 0 Å². The summed E-state index contributed by atoms with van der Waals surface area (Å²) in [7, 11) is 0. The number of hydrogen-bond donors (Lipinski definition) is 1. The van der Waals surface area contributed by atoms with E-state index >= 15 is 0 Å². The van der Waals surface area contributed by atoms with E-state index in [0.29, 0.717) is 6.04 Å². The minimum absolute atomic E-state index is 0.225. The SMILES string of the molecule is CCC(N)C(c1ccc(C)cc1)N1CCC(C(C)C)CC1. The highest BCUT2D eigenvalue weighted by Crippen LogP contribution is 2.32. The van der Waals surface area contributed by atoms with Crippen LogP contribution in [0.1, 0.15) is 57.2 Å². The number of nitrogens with two attached hydrogens (primary N) is 1. The summed E-state index contributed by atoms with van der Waals surface area (Å²) in [6, 6.07) is 9.57. The lowest BCUT2D eigenvalue weighted by molar-refractivity contribution is 0.0993. The normalized spacial score (nSPS) is 20.7. The van der Waals surface area contributed by atoms with Gasteiger partial charge in [0.05, 0.1) is 0 Å². The molecule has 21 heavy (non-hydrogen) atoms. The van der Waals surface area contributed by atoms with Crippen LogP contribution in [0.2, 0.25) is 0 Å². The van der Waals surface area contributed by atoms with E-state index in [4.69, 9.17) is 5.73 Å². The average molecular weight is 288 g/mol. The van der Waals surface area contributed by atoms with Crippen LogP contribution in [-0.4, -0.2) is 24.0 Å². The van der Waals surface area contributed by atoms with E-state index in [1.54, 1.807) is 0 Å². The quantitative estimate of drug-likeness (QED) is 0.882. The Balaban J connectivity index is 2.12. The first-order valence-corrected chi connectivity index (χ1v) is 8.59. The largest absolute Gasteiger partial charge is 0.326 e. The predicted molar refractivity (Wildman–Crippen MR) is 91.3 cm³/mol. The molecule has 2 atom stereocenters. The second kappa shape index (κ2) is 7.42. The van der Waals surface area contributed by atoms with Gasteiger partial charge in [-0.1, -0.05) is 50.6 Å². The Morgan fingerprint density at radius 2 is 1.71 bits per heavy atom. The summed E-state index contributed by atoms with van der Waals surface area (Å²) < 4.78 is 0. The van der Waals surface area contributed by atoms with Gasteiger partial charge in [-0.05, 0) is 56.7 Å². The topological polar surface area (TPSA) is 29.3 Å². The molecule has 1 aromatic carbocycles. The zero-order chi connectivity index (χ0) is 15.4. The third-order valence-corrected chi connectivity index (χ3v) is 5.21. The number of nitrogens with zero attached hydrogens (tertiary/aromatic N) is 1. The summed E-state index contributed by atoms with van der Waals surface area (Å²) in [5, 5.41) is 0. The lowest BCUT2D eigenvalue weighted by Gasteiger charge is -2.41. The molecule has 1 aliphatic heterocycles. The Labute approximate surface area is 130 Å². The van der Waals surface area contributed by atoms with Gasteiger partial charge in [0.25, 0.3) is 0 Å². The Morgan fingerprint density at radius 1 is 1.14 bits per heavy atom. The number of likely N-dealkylation sites (tertiary alicyclic amines) is 1. The van der Waals surface area contributed by atoms with Crippen molar-refractivity contribution in [2.24, 2.45) is 17.6 Å². The van der Waals surface area contributed by atoms with Crippen molar-refractivity contribution in [2.75, 3.05) is 13.1 Å². The first-order chi connectivity index (χ1) is 10.0. The van der Waals surface area contributed by atoms with E-state index in [0.717, 1.165) is 18.3 Å². The van der Waals surface area contributed by atoms with Crippen LogP contribution in [0.3, 0.4) is 0 Å². The average Bonchev–Trinajstić information content (AvgIpc) is 2.49. The van der Waals surface area contributed by atoms with E-state index in [1.165, 1.54) is 37.1 Å². The third-order valence-electron chi connectivity index (χ3n) is 5.21. The Kier molecular flexibility index (Phi) is 5.83. The molecule has 2 N–H and O–H groups in total. The van der Waals surface area contributed by atoms with Crippen LogP contribution in [0.4, 0.5) is 0 Å². The van der Waals surface area contributed by atoms with Crippen molar-refractivity contribution < 1.29 is 0 Å². The van der Waals surface area contributed by atoms with Gasteiger partial charge in [-0.2, -0.15) is 0 Å². The molecule has 1 aliphatic rings. The van der Waals surface area contributed by atoms with Gasteiger partial charge in [0, 0.05) is 12.1 Å². The van der Waals surface area contributed by atoms with Crippen molar-refractivity contribution in [3.05, 3.63) is 35.4 Å². The zero-order valence-corrected chi connectivity index (χ0v) is 14.2. The minimum Gasteiger partial charge on any atom is -0.326 e. The molecular formula is C19H32N2. The van der Waals surface area contributed by atoms with Crippen molar-refractivity contribution in [1.82, 2.24) is 4.90 Å². The van der Waals surface area contributed by atoms with E-state index in [-0.39, 0.29) is 6.04 Å². The maximum atomic E-state index is 6.47. The van der Waals surface area contributed by atoms with Gasteiger partial charge in [-0.3, -0.25) is 4.90 Å². The van der Waals surface area contributed by atoms with E-state index in [2.05, 4.69) is 56.9 Å². The standard InChI is InChI=1S/C19H32N2/c1-5-18(20)19(17-8-6-15(4)7-9-17)21-12-10-16(11-13-21)14(2)3/h6-9,14,16,18-19H,5,10-13,20H2,1-4H3. The van der Waals surface area contributed by atoms with Gasteiger partial charge in [0.15, 0.2) is 0 Å². The van der Waals surface area contributed by atoms with Crippen LogP contribution in [0, 0.1) is 18.8 Å². The molecule has 2 nitrogen and oxygen atoms in total. The molecule has 0 radical (unpaired) electrons. The predicted octanol–water partition coefficient (Wildman–Crippen LogP) is 4.14. The molecule has 0 aliphatic carbocycles. The van der Waals surface area contributed by atoms with Crippen molar-refractivity contribution in [3.8, 4) is 0 Å². The van der Waals surface area contributed by atoms with Crippen molar-refractivity contribution in [2.45, 2.75) is 59.0 Å². The number of rotatable bonds is 5. The molecule has 2 rings (SSSR count). The number of aryl methyl sites for hydroxylation is 1. The Bertz CT molecular complexity index is 416. The van der Waals surface area contributed by atoms with Crippen LogP contribution in [0.15, 0.2) is 24.3 Å². The van der Waals surface area contributed by atoms with Crippen molar-refractivity contribution in [3.63, 3.8) is 0 Å². The number of benzene rings is 1. The van der Waals surface area contributed by atoms with Crippen molar-refractivity contribution >= 4 is 0 Å². The summed E-state index contributed by atoms with van der Waals surface area (Å²) in [5.41, 5.74) is 9.18. The van der Waals surface area contributed by atoms with Crippen LogP contribution in [0.5, 0.6) is 0 Å². The molecule has 2 heteroatoms. The highest BCUT2D eigenvalue weighted by molar-refractivity contribution is 5.25. The molecule has 0 bridgehead atoms. The maximum Gasteiger partial charge on any atom is 0.0499 e. The minimum atomic E-state index is 0.225. The summed E-state index contributed by atoms with van der Waals surface area (Å²) >= 11 is 0. The lowest BCUT2D eigenvalue weighted by Crippen LogP contribution is -2.45. The zero-order valence-electron chi connectivity index (χ0n) is 14.2. The fraction of sp³-hybridized carbons (Fsp3) is 0.684. The summed E-state index contributed by atoms with van der Waals surface area (Å²) in [5.74, 6) is 1.70. The molecule has 0 aromatic heterocycles. The molecule has 2 unspecified atom stereocenters. The van der Waals surface area contributed by atoms with Gasteiger partial charge in [0.1, 0.15) is 0 Å². The van der Waals surface area contributed by atoms with E-state index < -0.39 is 0 Å². The van der Waals surface area contributed by atoms with Crippen LogP contribution in [-0.2, 0) is 0 Å². The molecular weight excluding hydrogens is 256 g/mol. The maximum absolute atomic E-state index is 6.47. The number of piperidine rings is 1. The van der Waals surface area contributed by atoms with Crippen LogP contribution < -0.4 is 5.73 Å². The molecule has 0 amide bonds. The van der Waals surface area contributed by atoms with Gasteiger partial charge in [-0.25, -0.2) is 0 Å². The monoisotopic (exact) mass is 288 g/mol. The number of hydrogen-bond acceptors (Lipinski definition) is 2. The fourth-order valence-electron chi connectivity index (χ4n) is 3.58. The second-order valence-corrected chi connectivity index (χ2v) is 7.05. The smallest absolute Gasteiger partial charge is 0.0499 e. The summed E-state index contributed by atoms with van der Waals surface area (Å²) in [6.07, 6.45) is 3.66. The highest BCUT2D eigenvalue weighted by Gasteiger charge is 2.30.